The lowest BCUT2D eigenvalue weighted by molar-refractivity contribution is 0.240. The lowest BCUT2D eigenvalue weighted by Gasteiger charge is -2.24. The number of hydrogen-bond acceptors (Lipinski definition) is 1. The van der Waals surface area contributed by atoms with E-state index < -0.39 is 0 Å². The summed E-state index contributed by atoms with van der Waals surface area (Å²) in [5.41, 5.74) is 0. The van der Waals surface area contributed by atoms with Crippen molar-refractivity contribution >= 4 is 0 Å². The van der Waals surface area contributed by atoms with Crippen molar-refractivity contribution in [2.24, 2.45) is 11.8 Å². The third-order valence-corrected chi connectivity index (χ3v) is 3.12. The van der Waals surface area contributed by atoms with Crippen molar-refractivity contribution in [3.05, 3.63) is 0 Å². The first kappa shape index (κ1) is 14.0. The van der Waals surface area contributed by atoms with Gasteiger partial charge in [0.1, 0.15) is 0 Å². The molecule has 0 amide bonds. The van der Waals surface area contributed by atoms with Crippen LogP contribution in [0.1, 0.15) is 53.9 Å². The molecule has 0 fully saturated rings. The summed E-state index contributed by atoms with van der Waals surface area (Å²) in [5, 5.41) is 0. The van der Waals surface area contributed by atoms with Gasteiger partial charge in [-0.3, -0.25) is 0 Å². The van der Waals surface area contributed by atoms with Crippen LogP contribution in [0.5, 0.6) is 0 Å². The van der Waals surface area contributed by atoms with Gasteiger partial charge in [-0.15, -0.1) is 0 Å². The van der Waals surface area contributed by atoms with E-state index in [4.69, 9.17) is 0 Å². The Morgan fingerprint density at radius 2 is 1.36 bits per heavy atom. The summed E-state index contributed by atoms with van der Waals surface area (Å²) in [5.74, 6) is 1.70. The van der Waals surface area contributed by atoms with Gasteiger partial charge in [0.25, 0.3) is 0 Å². The molecular formula is C13H29N. The van der Waals surface area contributed by atoms with Crippen LogP contribution in [0.4, 0.5) is 0 Å². The maximum absolute atomic E-state index is 2.61. The second-order valence-electron chi connectivity index (χ2n) is 4.85. The molecule has 1 heteroatoms. The molecule has 0 aliphatic heterocycles. The highest BCUT2D eigenvalue weighted by molar-refractivity contribution is 4.62. The Bertz CT molecular complexity index is 114. The van der Waals surface area contributed by atoms with Crippen LogP contribution in [-0.2, 0) is 0 Å². The molecule has 1 nitrogen and oxygen atoms in total. The molecule has 0 aromatic rings. The van der Waals surface area contributed by atoms with E-state index in [0.717, 1.165) is 11.8 Å². The summed E-state index contributed by atoms with van der Waals surface area (Å²) >= 11 is 0. The van der Waals surface area contributed by atoms with Crippen LogP contribution in [0.2, 0.25) is 0 Å². The topological polar surface area (TPSA) is 3.24 Å². The van der Waals surface area contributed by atoms with E-state index in [2.05, 4.69) is 39.5 Å². The average Bonchev–Trinajstić information content (AvgIpc) is 2.14. The van der Waals surface area contributed by atoms with Crippen LogP contribution >= 0.6 is 0 Å². The molecule has 0 aliphatic rings. The minimum absolute atomic E-state index is 0.833. The predicted molar refractivity (Wildman–Crippen MR) is 65.6 cm³/mol. The Labute approximate surface area is 90.9 Å². The second kappa shape index (κ2) is 8.28. The van der Waals surface area contributed by atoms with Crippen LogP contribution < -0.4 is 0 Å². The Balaban J connectivity index is 3.68. The van der Waals surface area contributed by atoms with Crippen molar-refractivity contribution in [3.63, 3.8) is 0 Å². The first-order valence-corrected chi connectivity index (χ1v) is 6.34. The van der Waals surface area contributed by atoms with Crippen molar-refractivity contribution in [1.82, 2.24) is 4.90 Å². The van der Waals surface area contributed by atoms with Crippen molar-refractivity contribution in [1.29, 1.82) is 0 Å². The summed E-state index contributed by atoms with van der Waals surface area (Å²) in [7, 11) is 0. The Morgan fingerprint density at radius 3 is 1.71 bits per heavy atom. The molecular weight excluding hydrogens is 170 g/mol. The minimum Gasteiger partial charge on any atom is -0.303 e. The lowest BCUT2D eigenvalue weighted by Crippen LogP contribution is -2.28. The fourth-order valence-corrected chi connectivity index (χ4v) is 1.69. The zero-order valence-electron chi connectivity index (χ0n) is 10.8. The molecule has 1 atom stereocenters. The third kappa shape index (κ3) is 6.42. The summed E-state index contributed by atoms with van der Waals surface area (Å²) in [4.78, 5) is 2.61. The van der Waals surface area contributed by atoms with Gasteiger partial charge >= 0.3 is 0 Å². The summed E-state index contributed by atoms with van der Waals surface area (Å²) in [6.45, 7) is 15.4. The van der Waals surface area contributed by atoms with Gasteiger partial charge in [0.2, 0.25) is 0 Å². The van der Waals surface area contributed by atoms with E-state index in [1.165, 1.54) is 38.9 Å². The van der Waals surface area contributed by atoms with Crippen LogP contribution in [0.3, 0.4) is 0 Å². The smallest absolute Gasteiger partial charge is 0.00161 e. The summed E-state index contributed by atoms with van der Waals surface area (Å²) in [6, 6.07) is 0. The molecule has 0 aliphatic carbocycles. The maximum atomic E-state index is 2.61. The fourth-order valence-electron chi connectivity index (χ4n) is 1.69. The van der Waals surface area contributed by atoms with Gasteiger partial charge in [-0.05, 0) is 50.7 Å². The molecule has 86 valence electrons. The van der Waals surface area contributed by atoms with Crippen molar-refractivity contribution in [3.8, 4) is 0 Å². The molecule has 14 heavy (non-hydrogen) atoms. The molecule has 0 aromatic heterocycles. The Hall–Kier alpha value is -0.0400. The lowest BCUT2D eigenvalue weighted by atomic mass is 9.94. The molecule has 0 rings (SSSR count). The van der Waals surface area contributed by atoms with Crippen molar-refractivity contribution in [2.45, 2.75) is 53.9 Å². The molecule has 0 spiro atoms. The normalized spacial score (nSPS) is 13.9. The van der Waals surface area contributed by atoms with Gasteiger partial charge in [-0.1, -0.05) is 34.6 Å². The van der Waals surface area contributed by atoms with Crippen molar-refractivity contribution < 1.29 is 0 Å². The number of nitrogens with zero attached hydrogens (tertiary/aromatic N) is 1. The van der Waals surface area contributed by atoms with Gasteiger partial charge in [-0.25, -0.2) is 0 Å². The van der Waals surface area contributed by atoms with Crippen LogP contribution in [0.25, 0.3) is 0 Å². The monoisotopic (exact) mass is 199 g/mol. The minimum atomic E-state index is 0.833. The highest BCUT2D eigenvalue weighted by Crippen LogP contribution is 2.14. The largest absolute Gasteiger partial charge is 0.303 e. The first-order valence-electron chi connectivity index (χ1n) is 6.34. The second-order valence-corrected chi connectivity index (χ2v) is 4.85. The van der Waals surface area contributed by atoms with E-state index >= 15 is 0 Å². The summed E-state index contributed by atoms with van der Waals surface area (Å²) < 4.78 is 0. The molecule has 0 radical (unpaired) electrons. The van der Waals surface area contributed by atoms with E-state index in [9.17, 15) is 0 Å². The predicted octanol–water partition coefficient (Wildman–Crippen LogP) is 3.79. The Morgan fingerprint density at radius 1 is 0.857 bits per heavy atom. The SMILES string of the molecule is CCCN(CCC)CCC(C)C(C)C. The molecule has 0 bridgehead atoms. The van der Waals surface area contributed by atoms with Gasteiger partial charge < -0.3 is 4.90 Å². The molecule has 0 aromatic carbocycles. The van der Waals surface area contributed by atoms with Gasteiger partial charge in [0.15, 0.2) is 0 Å². The molecule has 0 heterocycles. The molecule has 0 saturated carbocycles. The van der Waals surface area contributed by atoms with E-state index in [-0.39, 0.29) is 0 Å². The number of rotatable bonds is 8. The number of hydrogen-bond donors (Lipinski definition) is 0. The van der Waals surface area contributed by atoms with Gasteiger partial charge in [-0.2, -0.15) is 0 Å². The molecule has 1 unspecified atom stereocenters. The first-order chi connectivity index (χ1) is 6.61. The fraction of sp³-hybridized carbons (Fsp3) is 1.00. The van der Waals surface area contributed by atoms with E-state index in [1.807, 2.05) is 0 Å². The standard InChI is InChI=1S/C13H29N/c1-6-9-14(10-7-2)11-8-13(5)12(3)4/h12-13H,6-11H2,1-5H3. The van der Waals surface area contributed by atoms with Gasteiger partial charge in [0, 0.05) is 0 Å². The van der Waals surface area contributed by atoms with Crippen LogP contribution in [0, 0.1) is 11.8 Å². The molecule has 0 saturated heterocycles. The van der Waals surface area contributed by atoms with Crippen LogP contribution in [0.15, 0.2) is 0 Å². The summed E-state index contributed by atoms with van der Waals surface area (Å²) in [6.07, 6.45) is 3.93. The quantitative estimate of drug-likeness (QED) is 0.575. The van der Waals surface area contributed by atoms with Crippen LogP contribution in [-0.4, -0.2) is 24.5 Å². The highest BCUT2D eigenvalue weighted by Gasteiger charge is 2.09. The zero-order chi connectivity index (χ0) is 11.0. The Kier molecular flexibility index (Phi) is 8.26. The average molecular weight is 199 g/mol. The maximum Gasteiger partial charge on any atom is -0.00161 e. The zero-order valence-corrected chi connectivity index (χ0v) is 10.8. The highest BCUT2D eigenvalue weighted by atomic mass is 15.1. The molecule has 0 N–H and O–H groups in total. The van der Waals surface area contributed by atoms with Gasteiger partial charge in [0.05, 0.1) is 0 Å². The van der Waals surface area contributed by atoms with E-state index in [0.29, 0.717) is 0 Å². The van der Waals surface area contributed by atoms with E-state index in [1.54, 1.807) is 0 Å². The third-order valence-electron chi connectivity index (χ3n) is 3.12. The van der Waals surface area contributed by atoms with Crippen molar-refractivity contribution in [2.75, 3.05) is 19.6 Å².